The predicted molar refractivity (Wildman–Crippen MR) is 118 cm³/mol. The van der Waals surface area contributed by atoms with Crippen molar-refractivity contribution >= 4 is 61.2 Å². The number of halogens is 1. The summed E-state index contributed by atoms with van der Waals surface area (Å²) in [6.07, 6.45) is 3.06. The second-order valence-electron chi connectivity index (χ2n) is 7.52. The maximum atomic E-state index is 13.7. The minimum Gasteiger partial charge on any atom is -1.00 e. The molecule has 0 unspecified atom stereocenters. The molecule has 0 aliphatic heterocycles. The number of rotatable bonds is 8. The maximum Gasteiger partial charge on any atom is 2.00 e. The van der Waals surface area contributed by atoms with Gasteiger partial charge in [-0.1, -0.05) is 24.3 Å². The van der Waals surface area contributed by atoms with Gasteiger partial charge in [0.2, 0.25) is 0 Å². The third-order valence-corrected chi connectivity index (χ3v) is 5.25. The number of carbonyl (C=O) groups excluding carboxylic acids is 1. The van der Waals surface area contributed by atoms with Crippen molar-refractivity contribution in [2.75, 3.05) is 24.7 Å². The van der Waals surface area contributed by atoms with Crippen LogP contribution in [0.4, 0.5) is 20.6 Å². The zero-order valence-corrected chi connectivity index (χ0v) is 19.6. The number of carboxylic acid groups (broad SMARTS) is 1. The van der Waals surface area contributed by atoms with E-state index in [1.54, 1.807) is 24.3 Å². The number of para-hydroxylation sites is 1. The molecule has 1 aliphatic carbocycles. The molecule has 1 N–H and O–H groups in total. The van der Waals surface area contributed by atoms with E-state index in [4.69, 9.17) is 14.6 Å². The van der Waals surface area contributed by atoms with E-state index in [-0.39, 0.29) is 53.1 Å². The Labute approximate surface area is 214 Å². The van der Waals surface area contributed by atoms with E-state index in [0.29, 0.717) is 30.5 Å². The standard InChI is InChI=1S/C23H26FNO5.Ca.2H/c24-19-5-4-8-21(13-19)25(20-6-2-1-3-7-20)23(28)30-15-18-11-9-17(10-12-18)14-29-16-22(26)27;;;/h1-8,13,17-18H,9-12,14-16H2,(H,26,27);;;/q;+2;2*-1. The number of benzene rings is 2. The van der Waals surface area contributed by atoms with E-state index in [2.05, 4.69) is 0 Å². The van der Waals surface area contributed by atoms with Gasteiger partial charge in [0.1, 0.15) is 12.4 Å². The summed E-state index contributed by atoms with van der Waals surface area (Å²) in [7, 11) is 0. The Morgan fingerprint density at radius 1 is 0.968 bits per heavy atom. The molecule has 0 radical (unpaired) electrons. The molecule has 6 nitrogen and oxygen atoms in total. The van der Waals surface area contributed by atoms with Crippen LogP contribution >= 0.6 is 0 Å². The molecule has 31 heavy (non-hydrogen) atoms. The molecule has 1 fully saturated rings. The van der Waals surface area contributed by atoms with Gasteiger partial charge >= 0.3 is 49.8 Å². The second-order valence-corrected chi connectivity index (χ2v) is 7.52. The predicted octanol–water partition coefficient (Wildman–Crippen LogP) is 4.85. The van der Waals surface area contributed by atoms with Gasteiger partial charge < -0.3 is 17.4 Å². The fourth-order valence-corrected chi connectivity index (χ4v) is 3.68. The van der Waals surface area contributed by atoms with Gasteiger partial charge in [-0.2, -0.15) is 0 Å². The molecular formula is C23H28CaFNO5. The van der Waals surface area contributed by atoms with Gasteiger partial charge in [0.25, 0.3) is 0 Å². The van der Waals surface area contributed by atoms with E-state index >= 15 is 0 Å². The summed E-state index contributed by atoms with van der Waals surface area (Å²) >= 11 is 0. The summed E-state index contributed by atoms with van der Waals surface area (Å²) in [6, 6.07) is 14.9. The van der Waals surface area contributed by atoms with E-state index in [9.17, 15) is 14.0 Å². The first-order valence-electron chi connectivity index (χ1n) is 10.1. The Morgan fingerprint density at radius 2 is 1.58 bits per heavy atom. The van der Waals surface area contributed by atoms with Crippen LogP contribution in [0.1, 0.15) is 28.5 Å². The molecule has 0 atom stereocenters. The Morgan fingerprint density at radius 3 is 2.19 bits per heavy atom. The van der Waals surface area contributed by atoms with Gasteiger partial charge in [-0.15, -0.1) is 0 Å². The smallest absolute Gasteiger partial charge is 1.00 e. The summed E-state index contributed by atoms with van der Waals surface area (Å²) in [6.45, 7) is 0.466. The average molecular weight is 458 g/mol. The number of nitrogens with zero attached hydrogens (tertiary/aromatic N) is 1. The Balaban J connectivity index is 0.00000341. The van der Waals surface area contributed by atoms with Crippen molar-refractivity contribution < 1.29 is 31.4 Å². The summed E-state index contributed by atoms with van der Waals surface area (Å²) in [5.74, 6) is -0.805. The fraction of sp³-hybridized carbons (Fsp3) is 0.391. The van der Waals surface area contributed by atoms with Gasteiger partial charge in [-0.3, -0.25) is 0 Å². The number of hydrogen-bond acceptors (Lipinski definition) is 4. The van der Waals surface area contributed by atoms with Crippen LogP contribution in [0.3, 0.4) is 0 Å². The van der Waals surface area contributed by atoms with Crippen molar-refractivity contribution in [3.8, 4) is 0 Å². The third-order valence-electron chi connectivity index (χ3n) is 5.25. The number of anilines is 2. The average Bonchev–Trinajstić information content (AvgIpc) is 2.74. The first kappa shape index (κ1) is 25.6. The van der Waals surface area contributed by atoms with Gasteiger partial charge in [-0.05, 0) is 67.9 Å². The molecule has 0 heterocycles. The largest absolute Gasteiger partial charge is 2.00 e. The van der Waals surface area contributed by atoms with Crippen molar-refractivity contribution in [2.45, 2.75) is 25.7 Å². The van der Waals surface area contributed by atoms with E-state index in [1.807, 2.05) is 18.2 Å². The number of carbonyl (C=O) groups is 2. The van der Waals surface area contributed by atoms with Crippen LogP contribution in [0.5, 0.6) is 0 Å². The summed E-state index contributed by atoms with van der Waals surface area (Å²) in [5.41, 5.74) is 1.01. The van der Waals surface area contributed by atoms with Crippen molar-refractivity contribution in [1.82, 2.24) is 0 Å². The molecule has 0 spiro atoms. The Kier molecular flexibility index (Phi) is 10.7. The van der Waals surface area contributed by atoms with Crippen LogP contribution < -0.4 is 4.90 Å². The Bertz CT molecular complexity index is 854. The van der Waals surface area contributed by atoms with Crippen LogP contribution in [0, 0.1) is 17.7 Å². The number of ether oxygens (including phenoxy) is 2. The molecule has 3 rings (SSSR count). The monoisotopic (exact) mass is 457 g/mol. The van der Waals surface area contributed by atoms with Gasteiger partial charge in [0, 0.05) is 0 Å². The van der Waals surface area contributed by atoms with Crippen LogP contribution in [0.25, 0.3) is 0 Å². The molecule has 0 saturated heterocycles. The van der Waals surface area contributed by atoms with Crippen LogP contribution in [0.15, 0.2) is 54.6 Å². The van der Waals surface area contributed by atoms with Crippen molar-refractivity contribution in [3.05, 3.63) is 60.4 Å². The van der Waals surface area contributed by atoms with Crippen LogP contribution in [0.2, 0.25) is 0 Å². The summed E-state index contributed by atoms with van der Waals surface area (Å²) in [5, 5.41) is 8.63. The number of hydrogen-bond donors (Lipinski definition) is 1. The van der Waals surface area contributed by atoms with Gasteiger partial charge in [-0.25, -0.2) is 18.9 Å². The molecule has 1 amide bonds. The van der Waals surface area contributed by atoms with E-state index in [1.165, 1.54) is 17.0 Å². The molecule has 0 bridgehead atoms. The molecular weight excluding hydrogens is 429 g/mol. The first-order valence-corrected chi connectivity index (χ1v) is 10.1. The second kappa shape index (κ2) is 13.0. The zero-order valence-electron chi connectivity index (χ0n) is 19.4. The zero-order chi connectivity index (χ0) is 21.3. The quantitative estimate of drug-likeness (QED) is 0.574. The Hall–Kier alpha value is -1.67. The molecule has 1 saturated carbocycles. The normalized spacial score (nSPS) is 18.0. The SMILES string of the molecule is O=C(O)COCC1CCC(COC(=O)N(c2ccccc2)c2cccc(F)c2)CC1.[Ca+2].[H-].[H-]. The number of amides is 1. The minimum absolute atomic E-state index is 0. The number of carboxylic acids is 1. The van der Waals surface area contributed by atoms with Crippen molar-refractivity contribution in [3.63, 3.8) is 0 Å². The van der Waals surface area contributed by atoms with Crippen molar-refractivity contribution in [1.29, 1.82) is 0 Å². The summed E-state index contributed by atoms with van der Waals surface area (Å²) in [4.78, 5) is 24.8. The van der Waals surface area contributed by atoms with Gasteiger partial charge in [0.15, 0.2) is 0 Å². The van der Waals surface area contributed by atoms with Gasteiger partial charge in [0.05, 0.1) is 24.6 Å². The van der Waals surface area contributed by atoms with Crippen LogP contribution in [-0.4, -0.2) is 74.7 Å². The van der Waals surface area contributed by atoms with Crippen molar-refractivity contribution in [2.24, 2.45) is 11.8 Å². The molecule has 8 heteroatoms. The summed E-state index contributed by atoms with van der Waals surface area (Å²) < 4.78 is 24.5. The fourth-order valence-electron chi connectivity index (χ4n) is 3.68. The number of aliphatic carboxylic acids is 1. The minimum atomic E-state index is -0.961. The van der Waals surface area contributed by atoms with E-state index in [0.717, 1.165) is 25.7 Å². The van der Waals surface area contributed by atoms with E-state index < -0.39 is 17.9 Å². The third kappa shape index (κ3) is 8.07. The topological polar surface area (TPSA) is 76.1 Å². The molecule has 2 aromatic rings. The molecule has 0 aromatic heterocycles. The molecule has 2 aromatic carbocycles. The van der Waals surface area contributed by atoms with Crippen LogP contribution in [-0.2, 0) is 14.3 Å². The maximum absolute atomic E-state index is 13.7. The molecule has 1 aliphatic rings. The molecule has 164 valence electrons. The first-order chi connectivity index (χ1) is 14.5.